The van der Waals surface area contributed by atoms with E-state index in [1.807, 2.05) is 7.85 Å². The van der Waals surface area contributed by atoms with Crippen LogP contribution in [0.15, 0.2) is 0 Å². The average molecular weight is 125 g/mol. The van der Waals surface area contributed by atoms with Gasteiger partial charge in [0.2, 0.25) is 11.8 Å². The Labute approximate surface area is 54.2 Å². The van der Waals surface area contributed by atoms with Crippen molar-refractivity contribution >= 4 is 19.7 Å². The maximum atomic E-state index is 10.7. The molecule has 0 bridgehead atoms. The highest BCUT2D eigenvalue weighted by Gasteiger charge is 2.21. The Bertz CT molecular complexity index is 157. The number of carbonyl (C=O) groups excluding carboxylic acids is 2. The molecule has 1 N–H and O–H groups in total. The van der Waals surface area contributed by atoms with Crippen LogP contribution in [0, 0.1) is 0 Å². The third kappa shape index (κ3) is 1.31. The zero-order valence-electron chi connectivity index (χ0n) is 5.31. The molecule has 0 aromatic carbocycles. The Morgan fingerprint density at radius 2 is 2.22 bits per heavy atom. The SMILES string of the molecule is B[C@H]1CCC(=O)NC1=O. The van der Waals surface area contributed by atoms with Crippen LogP contribution in [0.3, 0.4) is 0 Å². The first-order valence-electron chi connectivity index (χ1n) is 3.04. The molecule has 0 aromatic rings. The lowest BCUT2D eigenvalue weighted by Crippen LogP contribution is -2.38. The summed E-state index contributed by atoms with van der Waals surface area (Å²) < 4.78 is 0. The molecule has 0 aromatic heterocycles. The molecule has 3 nitrogen and oxygen atoms in total. The number of hydrogen-bond donors (Lipinski definition) is 1. The van der Waals surface area contributed by atoms with Gasteiger partial charge in [0.1, 0.15) is 7.85 Å². The molecule has 1 rings (SSSR count). The van der Waals surface area contributed by atoms with Gasteiger partial charge in [-0.1, -0.05) is 0 Å². The molecule has 1 aliphatic rings. The lowest BCUT2D eigenvalue weighted by atomic mass is 9.81. The number of carbonyl (C=O) groups is 2. The molecule has 48 valence electrons. The molecule has 1 atom stereocenters. The molecule has 2 amide bonds. The maximum absolute atomic E-state index is 10.7. The highest BCUT2D eigenvalue weighted by molar-refractivity contribution is 6.26. The van der Waals surface area contributed by atoms with Crippen LogP contribution in [0.5, 0.6) is 0 Å². The van der Waals surface area contributed by atoms with Gasteiger partial charge in [0, 0.05) is 12.2 Å². The van der Waals surface area contributed by atoms with Gasteiger partial charge in [-0.2, -0.15) is 0 Å². The average Bonchev–Trinajstić information content (AvgIpc) is 1.80. The van der Waals surface area contributed by atoms with E-state index in [1.54, 1.807) is 0 Å². The summed E-state index contributed by atoms with van der Waals surface area (Å²) in [7, 11) is 1.82. The van der Waals surface area contributed by atoms with Gasteiger partial charge < -0.3 is 0 Å². The Balaban J connectivity index is 2.54. The summed E-state index contributed by atoms with van der Waals surface area (Å²) >= 11 is 0. The van der Waals surface area contributed by atoms with E-state index in [-0.39, 0.29) is 17.6 Å². The number of amides is 2. The predicted molar refractivity (Wildman–Crippen MR) is 34.7 cm³/mol. The fourth-order valence-electron chi connectivity index (χ4n) is 0.802. The first-order valence-corrected chi connectivity index (χ1v) is 3.04. The molecule has 1 fully saturated rings. The molecule has 0 spiro atoms. The first-order chi connectivity index (χ1) is 4.20. The predicted octanol–water partition coefficient (Wildman–Crippen LogP) is -1.16. The van der Waals surface area contributed by atoms with Gasteiger partial charge in [0.05, 0.1) is 0 Å². The zero-order chi connectivity index (χ0) is 6.85. The van der Waals surface area contributed by atoms with Crippen molar-refractivity contribution in [3.63, 3.8) is 0 Å². The minimum atomic E-state index is -0.141. The Kier molecular flexibility index (Phi) is 1.55. The van der Waals surface area contributed by atoms with Gasteiger partial charge in [-0.3, -0.25) is 14.9 Å². The highest BCUT2D eigenvalue weighted by atomic mass is 16.2. The van der Waals surface area contributed by atoms with E-state index in [4.69, 9.17) is 0 Å². The van der Waals surface area contributed by atoms with Crippen molar-refractivity contribution < 1.29 is 9.59 Å². The summed E-state index contributed by atoms with van der Waals surface area (Å²) in [6.07, 6.45) is 1.19. The molecule has 1 aliphatic heterocycles. The highest BCUT2D eigenvalue weighted by Crippen LogP contribution is 2.12. The molecular formula is C5H8BNO2. The minimum absolute atomic E-state index is 0.0164. The van der Waals surface area contributed by atoms with E-state index in [2.05, 4.69) is 5.32 Å². The van der Waals surface area contributed by atoms with Gasteiger partial charge in [0.15, 0.2) is 0 Å². The van der Waals surface area contributed by atoms with Crippen LogP contribution in [0.1, 0.15) is 12.8 Å². The van der Waals surface area contributed by atoms with Gasteiger partial charge in [-0.05, 0) is 6.42 Å². The molecular weight excluding hydrogens is 117 g/mol. The smallest absolute Gasteiger partial charge is 0.226 e. The molecule has 9 heavy (non-hydrogen) atoms. The van der Waals surface area contributed by atoms with Gasteiger partial charge >= 0.3 is 0 Å². The zero-order valence-corrected chi connectivity index (χ0v) is 5.31. The van der Waals surface area contributed by atoms with Crippen molar-refractivity contribution in [2.24, 2.45) is 0 Å². The summed E-state index contributed by atoms with van der Waals surface area (Å²) in [5.74, 6) is -0.257. The molecule has 0 radical (unpaired) electrons. The van der Waals surface area contributed by atoms with Crippen molar-refractivity contribution in [1.29, 1.82) is 0 Å². The Hall–Kier alpha value is -0.795. The second-order valence-electron chi connectivity index (χ2n) is 2.35. The van der Waals surface area contributed by atoms with Gasteiger partial charge in [-0.25, -0.2) is 0 Å². The van der Waals surface area contributed by atoms with Crippen LogP contribution in [0.2, 0.25) is 5.82 Å². The van der Waals surface area contributed by atoms with Crippen molar-refractivity contribution in [1.82, 2.24) is 5.32 Å². The molecule has 1 heterocycles. The quantitative estimate of drug-likeness (QED) is 0.328. The second kappa shape index (κ2) is 2.21. The number of piperidine rings is 1. The normalized spacial score (nSPS) is 27.8. The van der Waals surface area contributed by atoms with Crippen molar-refractivity contribution in [3.05, 3.63) is 0 Å². The van der Waals surface area contributed by atoms with E-state index >= 15 is 0 Å². The first kappa shape index (κ1) is 6.33. The van der Waals surface area contributed by atoms with Crippen LogP contribution < -0.4 is 5.32 Å². The standard InChI is InChI=1S/C5H8BNO2/c6-3-1-2-4(8)7-5(3)9/h3H,1-2,6H2,(H,7,8,9)/t3-/m0/s1. The number of nitrogens with one attached hydrogen (secondary N) is 1. The summed E-state index contributed by atoms with van der Waals surface area (Å²) in [5, 5.41) is 2.25. The molecule has 0 unspecified atom stereocenters. The Morgan fingerprint density at radius 1 is 1.56 bits per heavy atom. The summed E-state index contributed by atoms with van der Waals surface area (Å²) in [4.78, 5) is 21.2. The Morgan fingerprint density at radius 3 is 2.67 bits per heavy atom. The second-order valence-corrected chi connectivity index (χ2v) is 2.35. The monoisotopic (exact) mass is 125 g/mol. The molecule has 0 saturated carbocycles. The van der Waals surface area contributed by atoms with E-state index in [0.29, 0.717) is 12.8 Å². The number of rotatable bonds is 0. The van der Waals surface area contributed by atoms with Crippen molar-refractivity contribution in [2.45, 2.75) is 18.7 Å². The topological polar surface area (TPSA) is 46.2 Å². The van der Waals surface area contributed by atoms with Crippen LogP contribution in [0.4, 0.5) is 0 Å². The largest absolute Gasteiger partial charge is 0.297 e. The number of imide groups is 1. The molecule has 0 aliphatic carbocycles. The van der Waals surface area contributed by atoms with E-state index in [1.165, 1.54) is 0 Å². The van der Waals surface area contributed by atoms with Crippen LogP contribution >= 0.6 is 0 Å². The lowest BCUT2D eigenvalue weighted by Gasteiger charge is -2.15. The fourth-order valence-corrected chi connectivity index (χ4v) is 0.802. The van der Waals surface area contributed by atoms with Crippen LogP contribution in [-0.4, -0.2) is 19.7 Å². The van der Waals surface area contributed by atoms with E-state index in [9.17, 15) is 9.59 Å². The lowest BCUT2D eigenvalue weighted by molar-refractivity contribution is -0.132. The molecule has 1 saturated heterocycles. The fraction of sp³-hybridized carbons (Fsp3) is 0.600. The van der Waals surface area contributed by atoms with Crippen LogP contribution in [-0.2, 0) is 9.59 Å². The van der Waals surface area contributed by atoms with Crippen molar-refractivity contribution in [3.8, 4) is 0 Å². The summed E-state index contributed by atoms with van der Waals surface area (Å²) in [6.45, 7) is 0. The number of hydrogen-bond acceptors (Lipinski definition) is 2. The van der Waals surface area contributed by atoms with Gasteiger partial charge in [0.25, 0.3) is 0 Å². The summed E-state index contributed by atoms with van der Waals surface area (Å²) in [5.41, 5.74) is 0. The molecule has 4 heteroatoms. The van der Waals surface area contributed by atoms with E-state index < -0.39 is 0 Å². The van der Waals surface area contributed by atoms with Crippen LogP contribution in [0.25, 0.3) is 0 Å². The summed E-state index contributed by atoms with van der Waals surface area (Å²) in [6, 6.07) is 0. The third-order valence-electron chi connectivity index (χ3n) is 1.51. The maximum Gasteiger partial charge on any atom is 0.226 e. The van der Waals surface area contributed by atoms with Gasteiger partial charge in [-0.15, -0.1) is 0 Å². The van der Waals surface area contributed by atoms with Crippen molar-refractivity contribution in [2.75, 3.05) is 0 Å². The van der Waals surface area contributed by atoms with E-state index in [0.717, 1.165) is 0 Å². The third-order valence-corrected chi connectivity index (χ3v) is 1.51. The minimum Gasteiger partial charge on any atom is -0.297 e.